The number of likely N-dealkylation sites (tertiary alicyclic amines) is 1. The average Bonchev–Trinajstić information content (AvgIpc) is 2.89. The van der Waals surface area contributed by atoms with Crippen LogP contribution >= 0.6 is 0 Å². The zero-order valence-electron chi connectivity index (χ0n) is 14.7. The van der Waals surface area contributed by atoms with Crippen molar-refractivity contribution in [3.63, 3.8) is 0 Å². The fraction of sp³-hybridized carbons (Fsp3) is 0.700. The van der Waals surface area contributed by atoms with E-state index in [0.717, 1.165) is 32.1 Å². The molecule has 1 heterocycles. The number of hydrogen-bond donors (Lipinski definition) is 2. The number of carboxylic acid groups (broad SMARTS) is 1. The molecule has 0 unspecified atom stereocenters. The molecule has 0 bridgehead atoms. The van der Waals surface area contributed by atoms with E-state index in [1.54, 1.807) is 0 Å². The van der Waals surface area contributed by atoms with Gasteiger partial charge in [0, 0.05) is 19.4 Å². The van der Waals surface area contributed by atoms with Crippen LogP contribution in [0.2, 0.25) is 0 Å². The van der Waals surface area contributed by atoms with Crippen LogP contribution in [0.15, 0.2) is 24.3 Å². The highest BCUT2D eigenvalue weighted by atomic mass is 16.4. The standard InChI is InChI=1S/C19H31NO4.CH4/c1-2-3-6-9-17(21)13-11-16-12-14-18(22)20(16)15-8-5-4-7-10-19(23)24;/h5,8,11,13,16-17,21H,2-4,6-7,9-10,12,14-15H2,1H3,(H,23,24);1H4/b8-5-,13-11+;/t16-,17-;/m0./s1. The summed E-state index contributed by atoms with van der Waals surface area (Å²) in [7, 11) is 0. The zero-order chi connectivity index (χ0) is 17.8. The molecule has 1 aliphatic rings. The maximum Gasteiger partial charge on any atom is 0.303 e. The van der Waals surface area contributed by atoms with E-state index in [1.165, 1.54) is 0 Å². The van der Waals surface area contributed by atoms with Gasteiger partial charge in [-0.05, 0) is 25.7 Å². The van der Waals surface area contributed by atoms with Crippen molar-refractivity contribution in [2.75, 3.05) is 6.54 Å². The highest BCUT2D eigenvalue weighted by Gasteiger charge is 2.27. The van der Waals surface area contributed by atoms with Crippen molar-refractivity contribution in [3.8, 4) is 0 Å². The molecular weight excluding hydrogens is 318 g/mol. The molecule has 1 rings (SSSR count). The summed E-state index contributed by atoms with van der Waals surface area (Å²) >= 11 is 0. The highest BCUT2D eigenvalue weighted by molar-refractivity contribution is 5.79. The summed E-state index contributed by atoms with van der Waals surface area (Å²) in [6.07, 6.45) is 14.1. The summed E-state index contributed by atoms with van der Waals surface area (Å²) in [5.74, 6) is -0.638. The molecule has 5 nitrogen and oxygen atoms in total. The van der Waals surface area contributed by atoms with E-state index in [9.17, 15) is 14.7 Å². The van der Waals surface area contributed by atoms with Gasteiger partial charge in [0.05, 0.1) is 12.1 Å². The van der Waals surface area contributed by atoms with Crippen molar-refractivity contribution < 1.29 is 19.8 Å². The minimum Gasteiger partial charge on any atom is -0.481 e. The number of carbonyl (C=O) groups is 2. The van der Waals surface area contributed by atoms with E-state index < -0.39 is 12.1 Å². The summed E-state index contributed by atoms with van der Waals surface area (Å²) in [5, 5.41) is 18.5. The number of unbranched alkanes of at least 4 members (excludes halogenated alkanes) is 3. The molecule has 144 valence electrons. The monoisotopic (exact) mass is 353 g/mol. The lowest BCUT2D eigenvalue weighted by Crippen LogP contribution is -2.32. The second-order valence-corrected chi connectivity index (χ2v) is 6.36. The molecule has 1 aliphatic heterocycles. The molecule has 2 atom stereocenters. The molecule has 0 aliphatic carbocycles. The lowest BCUT2D eigenvalue weighted by Gasteiger charge is -2.21. The average molecular weight is 354 g/mol. The number of aliphatic carboxylic acids is 1. The van der Waals surface area contributed by atoms with Gasteiger partial charge in [0.1, 0.15) is 0 Å². The van der Waals surface area contributed by atoms with E-state index in [1.807, 2.05) is 29.2 Å². The number of amides is 1. The minimum atomic E-state index is -0.777. The highest BCUT2D eigenvalue weighted by Crippen LogP contribution is 2.20. The second kappa shape index (κ2) is 13.6. The molecule has 0 saturated carbocycles. The summed E-state index contributed by atoms with van der Waals surface area (Å²) < 4.78 is 0. The number of carboxylic acids is 1. The van der Waals surface area contributed by atoms with Crippen LogP contribution in [-0.4, -0.2) is 45.7 Å². The van der Waals surface area contributed by atoms with Crippen LogP contribution in [0.25, 0.3) is 0 Å². The molecule has 2 N–H and O–H groups in total. The van der Waals surface area contributed by atoms with Gasteiger partial charge in [0.15, 0.2) is 0 Å². The fourth-order valence-corrected chi connectivity index (χ4v) is 2.83. The second-order valence-electron chi connectivity index (χ2n) is 6.36. The Kier molecular flexibility index (Phi) is 12.8. The first-order valence-corrected chi connectivity index (χ1v) is 9.07. The summed E-state index contributed by atoms with van der Waals surface area (Å²) in [5.41, 5.74) is 0. The predicted molar refractivity (Wildman–Crippen MR) is 101 cm³/mol. The largest absolute Gasteiger partial charge is 0.481 e. The van der Waals surface area contributed by atoms with Gasteiger partial charge in [-0.1, -0.05) is 57.9 Å². The molecule has 1 saturated heterocycles. The molecule has 0 aromatic carbocycles. The van der Waals surface area contributed by atoms with E-state index in [2.05, 4.69) is 6.92 Å². The first-order chi connectivity index (χ1) is 11.5. The Hall–Kier alpha value is -1.62. The normalized spacial score (nSPS) is 18.9. The summed E-state index contributed by atoms with van der Waals surface area (Å²) in [6, 6.07) is 0.0574. The van der Waals surface area contributed by atoms with Crippen LogP contribution in [0.1, 0.15) is 72.1 Å². The Morgan fingerprint density at radius 1 is 1.32 bits per heavy atom. The van der Waals surface area contributed by atoms with Gasteiger partial charge < -0.3 is 15.1 Å². The van der Waals surface area contributed by atoms with Crippen molar-refractivity contribution in [1.82, 2.24) is 4.90 Å². The molecule has 5 heteroatoms. The van der Waals surface area contributed by atoms with Crippen molar-refractivity contribution in [1.29, 1.82) is 0 Å². The maximum absolute atomic E-state index is 12.0. The predicted octanol–water partition coefficient (Wildman–Crippen LogP) is 3.92. The smallest absolute Gasteiger partial charge is 0.303 e. The van der Waals surface area contributed by atoms with E-state index in [0.29, 0.717) is 25.8 Å². The lowest BCUT2D eigenvalue weighted by atomic mass is 10.1. The van der Waals surface area contributed by atoms with E-state index in [-0.39, 0.29) is 25.8 Å². The Labute approximate surface area is 152 Å². The van der Waals surface area contributed by atoms with Crippen LogP contribution in [0.3, 0.4) is 0 Å². The number of aliphatic hydroxyl groups is 1. The summed E-state index contributed by atoms with van der Waals surface area (Å²) in [6.45, 7) is 2.69. The van der Waals surface area contributed by atoms with Gasteiger partial charge in [0.2, 0.25) is 5.91 Å². The number of hydrogen-bond acceptors (Lipinski definition) is 3. The van der Waals surface area contributed by atoms with Crippen molar-refractivity contribution in [3.05, 3.63) is 24.3 Å². The molecule has 0 aromatic heterocycles. The maximum atomic E-state index is 12.0. The number of carbonyl (C=O) groups excluding carboxylic acids is 1. The molecule has 1 fully saturated rings. The molecule has 0 spiro atoms. The van der Waals surface area contributed by atoms with Crippen LogP contribution in [0.4, 0.5) is 0 Å². The van der Waals surface area contributed by atoms with Gasteiger partial charge in [-0.2, -0.15) is 0 Å². The number of allylic oxidation sites excluding steroid dienone is 1. The van der Waals surface area contributed by atoms with E-state index >= 15 is 0 Å². The third-order valence-electron chi connectivity index (χ3n) is 4.26. The topological polar surface area (TPSA) is 77.8 Å². The van der Waals surface area contributed by atoms with Crippen molar-refractivity contribution in [2.24, 2.45) is 0 Å². The number of rotatable bonds is 12. The van der Waals surface area contributed by atoms with Crippen LogP contribution < -0.4 is 0 Å². The van der Waals surface area contributed by atoms with Gasteiger partial charge in [0.25, 0.3) is 0 Å². The minimum absolute atomic E-state index is 0. The molecular formula is C20H35NO4. The summed E-state index contributed by atoms with van der Waals surface area (Å²) in [4.78, 5) is 24.2. The molecule has 25 heavy (non-hydrogen) atoms. The third kappa shape index (κ3) is 10.1. The first kappa shape index (κ1) is 23.4. The van der Waals surface area contributed by atoms with E-state index in [4.69, 9.17) is 5.11 Å². The fourth-order valence-electron chi connectivity index (χ4n) is 2.83. The molecule has 1 amide bonds. The Balaban J connectivity index is 0.00000576. The first-order valence-electron chi connectivity index (χ1n) is 9.07. The molecule has 0 aromatic rings. The SMILES string of the molecule is C.CCCCC[C@H](O)/C=C/[C@H]1CCC(=O)N1C/C=C\CCCC(=O)O. The van der Waals surface area contributed by atoms with Crippen molar-refractivity contribution in [2.45, 2.75) is 84.3 Å². The van der Waals surface area contributed by atoms with Gasteiger partial charge in [-0.15, -0.1) is 0 Å². The Bertz CT molecular complexity index is 445. The quantitative estimate of drug-likeness (QED) is 0.412. The van der Waals surface area contributed by atoms with Gasteiger partial charge in [-0.25, -0.2) is 0 Å². The zero-order valence-corrected chi connectivity index (χ0v) is 14.7. The van der Waals surface area contributed by atoms with Crippen LogP contribution in [0.5, 0.6) is 0 Å². The van der Waals surface area contributed by atoms with Gasteiger partial charge in [-0.3, -0.25) is 9.59 Å². The number of nitrogens with zero attached hydrogens (tertiary/aromatic N) is 1. The van der Waals surface area contributed by atoms with Crippen LogP contribution in [0, 0.1) is 0 Å². The van der Waals surface area contributed by atoms with Gasteiger partial charge >= 0.3 is 5.97 Å². The Morgan fingerprint density at radius 3 is 2.76 bits per heavy atom. The number of aliphatic hydroxyl groups excluding tert-OH is 1. The Morgan fingerprint density at radius 2 is 2.08 bits per heavy atom. The van der Waals surface area contributed by atoms with Crippen molar-refractivity contribution >= 4 is 11.9 Å². The van der Waals surface area contributed by atoms with Crippen LogP contribution in [-0.2, 0) is 9.59 Å². The third-order valence-corrected chi connectivity index (χ3v) is 4.26. The lowest BCUT2D eigenvalue weighted by molar-refractivity contribution is -0.137. The molecule has 0 radical (unpaired) electrons.